The summed E-state index contributed by atoms with van der Waals surface area (Å²) in [6.07, 6.45) is 0. The number of hydrogen-bond acceptors (Lipinski definition) is 2. The Kier molecular flexibility index (Phi) is 3.76. The molecule has 0 saturated carbocycles. The van der Waals surface area contributed by atoms with Crippen LogP contribution in [0, 0.1) is 6.92 Å². The number of ether oxygens (including phenoxy) is 1. The van der Waals surface area contributed by atoms with Gasteiger partial charge in [0.1, 0.15) is 0 Å². The van der Waals surface area contributed by atoms with Gasteiger partial charge in [-0.3, -0.25) is 0 Å². The van der Waals surface area contributed by atoms with Crippen molar-refractivity contribution in [2.24, 2.45) is 0 Å². The minimum atomic E-state index is -0.852. The molecule has 0 aliphatic heterocycles. The van der Waals surface area contributed by atoms with E-state index in [0.717, 1.165) is 0 Å². The molecule has 0 aliphatic carbocycles. The zero-order valence-corrected chi connectivity index (χ0v) is 10.9. The van der Waals surface area contributed by atoms with E-state index in [1.807, 2.05) is 26.0 Å². The number of aliphatic hydroxyl groups is 1. The van der Waals surface area contributed by atoms with Crippen molar-refractivity contribution in [3.63, 3.8) is 0 Å². The Morgan fingerprint density at radius 2 is 1.69 bits per heavy atom. The Morgan fingerprint density at radius 1 is 1.12 bits per heavy atom. The second kappa shape index (κ2) is 4.56. The first-order valence-electron chi connectivity index (χ1n) is 5.65. The number of benzene rings is 1. The van der Waals surface area contributed by atoms with Gasteiger partial charge >= 0.3 is 0 Å². The molecule has 0 radical (unpaired) electrons. The maximum Gasteiger partial charge on any atom is 0.0911 e. The van der Waals surface area contributed by atoms with Crippen molar-refractivity contribution in [2.75, 3.05) is 0 Å². The second-order valence-corrected chi connectivity index (χ2v) is 5.28. The highest BCUT2D eigenvalue weighted by molar-refractivity contribution is 5.24. The van der Waals surface area contributed by atoms with Gasteiger partial charge in [-0.25, -0.2) is 0 Å². The second-order valence-electron chi connectivity index (χ2n) is 5.28. The molecule has 0 bridgehead atoms. The van der Waals surface area contributed by atoms with Crippen molar-refractivity contribution < 1.29 is 9.84 Å². The topological polar surface area (TPSA) is 29.5 Å². The van der Waals surface area contributed by atoms with Gasteiger partial charge in [-0.15, -0.1) is 0 Å². The molecule has 0 saturated heterocycles. The summed E-state index contributed by atoms with van der Waals surface area (Å²) in [5, 5.41) is 9.97. The average molecular weight is 222 g/mol. The van der Waals surface area contributed by atoms with Gasteiger partial charge in [0.25, 0.3) is 0 Å². The first-order valence-corrected chi connectivity index (χ1v) is 5.65. The van der Waals surface area contributed by atoms with Crippen LogP contribution in [0.1, 0.15) is 38.8 Å². The van der Waals surface area contributed by atoms with Crippen LogP contribution in [0.15, 0.2) is 24.3 Å². The largest absolute Gasteiger partial charge is 0.387 e. The van der Waals surface area contributed by atoms with Crippen LogP contribution in [-0.2, 0) is 11.3 Å². The van der Waals surface area contributed by atoms with Crippen molar-refractivity contribution in [2.45, 2.75) is 52.4 Å². The summed E-state index contributed by atoms with van der Waals surface area (Å²) in [5.74, 6) is 0. The Hall–Kier alpha value is -0.860. The molecule has 0 atom stereocenters. The Balaban J connectivity index is 2.69. The molecular formula is C14H22O2. The predicted octanol–water partition coefficient (Wildman–Crippen LogP) is 3.06. The number of hydrogen-bond donors (Lipinski definition) is 1. The highest BCUT2D eigenvalue weighted by Gasteiger charge is 2.35. The zero-order chi connectivity index (χ0) is 12.4. The fourth-order valence-corrected chi connectivity index (χ4v) is 1.21. The molecule has 1 aromatic rings. The zero-order valence-electron chi connectivity index (χ0n) is 10.9. The van der Waals surface area contributed by atoms with Crippen molar-refractivity contribution in [1.29, 1.82) is 0 Å². The van der Waals surface area contributed by atoms with Crippen LogP contribution in [0.5, 0.6) is 0 Å². The van der Waals surface area contributed by atoms with E-state index >= 15 is 0 Å². The smallest absolute Gasteiger partial charge is 0.0911 e. The normalized spacial score (nSPS) is 12.9. The SMILES string of the molecule is Cc1ccccc1COC(C)(C)C(C)(C)O. The van der Waals surface area contributed by atoms with E-state index in [4.69, 9.17) is 4.74 Å². The van der Waals surface area contributed by atoms with Crippen molar-refractivity contribution in [1.82, 2.24) is 0 Å². The van der Waals surface area contributed by atoms with E-state index in [0.29, 0.717) is 6.61 Å². The maximum atomic E-state index is 9.97. The van der Waals surface area contributed by atoms with E-state index in [2.05, 4.69) is 19.1 Å². The van der Waals surface area contributed by atoms with Gasteiger partial charge < -0.3 is 9.84 Å². The molecule has 0 amide bonds. The van der Waals surface area contributed by atoms with E-state index in [9.17, 15) is 5.11 Å². The third kappa shape index (κ3) is 3.06. The first kappa shape index (κ1) is 13.2. The average Bonchev–Trinajstić information content (AvgIpc) is 2.15. The third-order valence-electron chi connectivity index (χ3n) is 3.32. The van der Waals surface area contributed by atoms with Gasteiger partial charge in [0.15, 0.2) is 0 Å². The number of aryl methyl sites for hydroxylation is 1. The molecule has 0 unspecified atom stereocenters. The van der Waals surface area contributed by atoms with Crippen LogP contribution in [-0.4, -0.2) is 16.3 Å². The molecule has 0 aromatic heterocycles. The highest BCUT2D eigenvalue weighted by Crippen LogP contribution is 2.26. The van der Waals surface area contributed by atoms with E-state index in [1.54, 1.807) is 13.8 Å². The molecule has 1 rings (SSSR count). The van der Waals surface area contributed by atoms with Crippen LogP contribution in [0.25, 0.3) is 0 Å². The summed E-state index contributed by atoms with van der Waals surface area (Å²) in [7, 11) is 0. The lowest BCUT2D eigenvalue weighted by molar-refractivity contribution is -0.154. The van der Waals surface area contributed by atoms with Gasteiger partial charge in [0, 0.05) is 0 Å². The maximum absolute atomic E-state index is 9.97. The van der Waals surface area contributed by atoms with Crippen LogP contribution in [0.2, 0.25) is 0 Å². The lowest BCUT2D eigenvalue weighted by Gasteiger charge is -2.37. The quantitative estimate of drug-likeness (QED) is 0.848. The van der Waals surface area contributed by atoms with E-state index in [1.165, 1.54) is 11.1 Å². The Bertz CT molecular complexity index is 348. The molecule has 90 valence electrons. The first-order chi connectivity index (χ1) is 7.24. The predicted molar refractivity (Wildman–Crippen MR) is 66.3 cm³/mol. The molecule has 2 nitrogen and oxygen atoms in total. The summed E-state index contributed by atoms with van der Waals surface area (Å²) in [6, 6.07) is 8.13. The number of rotatable bonds is 4. The van der Waals surface area contributed by atoms with Gasteiger partial charge in [-0.1, -0.05) is 24.3 Å². The summed E-state index contributed by atoms with van der Waals surface area (Å²) in [6.45, 7) is 9.95. The summed E-state index contributed by atoms with van der Waals surface area (Å²) in [5.41, 5.74) is 0.971. The summed E-state index contributed by atoms with van der Waals surface area (Å²) < 4.78 is 5.81. The molecule has 1 aromatic carbocycles. The Morgan fingerprint density at radius 3 is 2.19 bits per heavy atom. The van der Waals surface area contributed by atoms with Gasteiger partial charge in [0.2, 0.25) is 0 Å². The van der Waals surface area contributed by atoms with Crippen LogP contribution < -0.4 is 0 Å². The molecular weight excluding hydrogens is 200 g/mol. The monoisotopic (exact) mass is 222 g/mol. The third-order valence-corrected chi connectivity index (χ3v) is 3.32. The lowest BCUT2D eigenvalue weighted by atomic mass is 9.89. The lowest BCUT2D eigenvalue weighted by Crippen LogP contribution is -2.47. The molecule has 0 fully saturated rings. The van der Waals surface area contributed by atoms with Crippen LogP contribution in [0.3, 0.4) is 0 Å². The van der Waals surface area contributed by atoms with Gasteiger partial charge in [0.05, 0.1) is 17.8 Å². The van der Waals surface area contributed by atoms with Crippen molar-refractivity contribution in [3.05, 3.63) is 35.4 Å². The molecule has 0 heterocycles. The Labute approximate surface area is 98.3 Å². The van der Waals surface area contributed by atoms with Gasteiger partial charge in [-0.05, 0) is 45.7 Å². The van der Waals surface area contributed by atoms with E-state index in [-0.39, 0.29) is 0 Å². The van der Waals surface area contributed by atoms with Crippen molar-refractivity contribution >= 4 is 0 Å². The molecule has 16 heavy (non-hydrogen) atoms. The van der Waals surface area contributed by atoms with Crippen molar-refractivity contribution in [3.8, 4) is 0 Å². The molecule has 2 heteroatoms. The fraction of sp³-hybridized carbons (Fsp3) is 0.571. The molecule has 1 N–H and O–H groups in total. The summed E-state index contributed by atoms with van der Waals surface area (Å²) in [4.78, 5) is 0. The minimum Gasteiger partial charge on any atom is -0.387 e. The van der Waals surface area contributed by atoms with E-state index < -0.39 is 11.2 Å². The summed E-state index contributed by atoms with van der Waals surface area (Å²) >= 11 is 0. The highest BCUT2D eigenvalue weighted by atomic mass is 16.5. The van der Waals surface area contributed by atoms with Crippen LogP contribution in [0.4, 0.5) is 0 Å². The molecule has 0 spiro atoms. The molecule has 0 aliphatic rings. The van der Waals surface area contributed by atoms with Crippen LogP contribution >= 0.6 is 0 Å². The standard InChI is InChI=1S/C14H22O2/c1-11-8-6-7-9-12(11)10-16-14(4,5)13(2,3)15/h6-9,15H,10H2,1-5H3. The minimum absolute atomic E-state index is 0.531. The fourth-order valence-electron chi connectivity index (χ4n) is 1.21. The van der Waals surface area contributed by atoms with Gasteiger partial charge in [-0.2, -0.15) is 0 Å².